The van der Waals surface area contributed by atoms with Crippen LogP contribution in [0.3, 0.4) is 0 Å². The maximum Gasteiger partial charge on any atom is 0.156 e. The Balaban J connectivity index is 1.79. The van der Waals surface area contributed by atoms with Crippen LogP contribution in [-0.4, -0.2) is 11.6 Å². The smallest absolute Gasteiger partial charge is 0.156 e. The Morgan fingerprint density at radius 3 is 2.57 bits per heavy atom. The minimum absolute atomic E-state index is 0.0955. The van der Waals surface area contributed by atoms with Gasteiger partial charge in [-0.25, -0.2) is 4.39 Å². The van der Waals surface area contributed by atoms with Crippen LogP contribution in [0.15, 0.2) is 23.6 Å². The molecule has 0 aromatic heterocycles. The third-order valence-corrected chi connectivity index (χ3v) is 7.71. The van der Waals surface area contributed by atoms with E-state index in [1.807, 2.05) is 0 Å². The summed E-state index contributed by atoms with van der Waals surface area (Å²) in [5.41, 5.74) is 1.38. The molecule has 0 bridgehead atoms. The van der Waals surface area contributed by atoms with Crippen molar-refractivity contribution in [3.8, 4) is 0 Å². The average Bonchev–Trinajstić information content (AvgIpc) is 2.83. The highest BCUT2D eigenvalue weighted by molar-refractivity contribution is 5.92. The summed E-state index contributed by atoms with van der Waals surface area (Å²) < 4.78 is 13.6. The average molecular weight is 316 g/mol. The highest BCUT2D eigenvalue weighted by Crippen LogP contribution is 2.65. The highest BCUT2D eigenvalue weighted by Gasteiger charge is 2.59. The van der Waals surface area contributed by atoms with Crippen molar-refractivity contribution >= 4 is 11.6 Å². The first-order valence-electron chi connectivity index (χ1n) is 8.98. The maximum absolute atomic E-state index is 13.6. The van der Waals surface area contributed by atoms with Gasteiger partial charge in [-0.3, -0.25) is 9.59 Å². The van der Waals surface area contributed by atoms with Crippen molar-refractivity contribution in [3.63, 3.8) is 0 Å². The highest BCUT2D eigenvalue weighted by atomic mass is 19.1. The predicted octanol–water partition coefficient (Wildman–Crippen LogP) is 4.55. The lowest BCUT2D eigenvalue weighted by molar-refractivity contribution is -0.132. The van der Waals surface area contributed by atoms with E-state index in [-0.39, 0.29) is 16.6 Å². The first-order chi connectivity index (χ1) is 10.9. The number of carbonyl (C=O) groups is 2. The van der Waals surface area contributed by atoms with Crippen molar-refractivity contribution in [2.24, 2.45) is 28.6 Å². The quantitative estimate of drug-likeness (QED) is 0.657. The van der Waals surface area contributed by atoms with Crippen molar-refractivity contribution in [2.45, 2.75) is 58.8 Å². The van der Waals surface area contributed by atoms with Gasteiger partial charge >= 0.3 is 0 Å². The van der Waals surface area contributed by atoms with Gasteiger partial charge in [0, 0.05) is 18.3 Å². The zero-order valence-electron chi connectivity index (χ0n) is 14.0. The molecular formula is C20H25FO2. The molecule has 0 aromatic rings. The third kappa shape index (κ3) is 1.91. The molecule has 0 N–H and O–H groups in total. The molecule has 0 unspecified atom stereocenters. The van der Waals surface area contributed by atoms with Crippen LogP contribution in [0, 0.1) is 28.6 Å². The monoisotopic (exact) mass is 316 g/mol. The van der Waals surface area contributed by atoms with Gasteiger partial charge in [0.1, 0.15) is 5.78 Å². The van der Waals surface area contributed by atoms with Crippen LogP contribution in [0.1, 0.15) is 58.8 Å². The molecule has 4 aliphatic carbocycles. The standard InChI is InChI=1S/C20H25FO2/c1-19-7-5-13(22)10-17(19)12(11-21)9-14-15-3-4-18(23)20(15,2)8-6-16(14)19/h10-11,14-16H,3-9H2,1-2H3/t14-,15-,16-,19+,20-/m0/s1. The van der Waals surface area contributed by atoms with Crippen LogP contribution >= 0.6 is 0 Å². The number of hydrogen-bond acceptors (Lipinski definition) is 2. The van der Waals surface area contributed by atoms with Crippen molar-refractivity contribution in [3.05, 3.63) is 23.6 Å². The molecule has 124 valence electrons. The van der Waals surface area contributed by atoms with E-state index in [4.69, 9.17) is 0 Å². The van der Waals surface area contributed by atoms with Gasteiger partial charge in [0.25, 0.3) is 0 Å². The minimum atomic E-state index is -0.190. The summed E-state index contributed by atoms with van der Waals surface area (Å²) in [5, 5.41) is 0. The molecule has 23 heavy (non-hydrogen) atoms. The Morgan fingerprint density at radius 1 is 1.09 bits per heavy atom. The largest absolute Gasteiger partial charge is 0.299 e. The van der Waals surface area contributed by atoms with Crippen molar-refractivity contribution in [1.29, 1.82) is 0 Å². The number of rotatable bonds is 0. The molecule has 4 aliphatic rings. The summed E-state index contributed by atoms with van der Waals surface area (Å²) in [5.74, 6) is 1.80. The summed E-state index contributed by atoms with van der Waals surface area (Å²) in [6, 6.07) is 0. The number of fused-ring (bicyclic) bond motifs is 5. The molecule has 2 nitrogen and oxygen atoms in total. The molecule has 0 radical (unpaired) electrons. The predicted molar refractivity (Wildman–Crippen MR) is 86.3 cm³/mol. The zero-order chi connectivity index (χ0) is 16.4. The molecule has 0 amide bonds. The fraction of sp³-hybridized carbons (Fsp3) is 0.700. The Labute approximate surface area is 137 Å². The van der Waals surface area contributed by atoms with Crippen LogP contribution in [0.5, 0.6) is 0 Å². The summed E-state index contributed by atoms with van der Waals surface area (Å²) >= 11 is 0. The Bertz CT molecular complexity index is 646. The number of ketones is 2. The van der Waals surface area contributed by atoms with Crippen molar-refractivity contribution in [2.75, 3.05) is 0 Å². The molecule has 0 aromatic carbocycles. The minimum Gasteiger partial charge on any atom is -0.299 e. The molecule has 0 spiro atoms. The third-order valence-electron chi connectivity index (χ3n) is 7.71. The van der Waals surface area contributed by atoms with E-state index in [0.717, 1.165) is 37.6 Å². The second kappa shape index (κ2) is 4.87. The van der Waals surface area contributed by atoms with Gasteiger partial charge in [0.15, 0.2) is 5.78 Å². The van der Waals surface area contributed by atoms with Gasteiger partial charge in [0.2, 0.25) is 0 Å². The first-order valence-corrected chi connectivity index (χ1v) is 8.98. The molecule has 4 rings (SSSR count). The SMILES string of the molecule is C[C@]12CCC(=O)C=C1C(=CF)C[C@@H]1[C@@H]2CC[C@]2(C)C(=O)CC[C@@H]12. The second-order valence-electron chi connectivity index (χ2n) is 8.58. The van der Waals surface area contributed by atoms with Crippen LogP contribution in [0.25, 0.3) is 0 Å². The number of hydrogen-bond donors (Lipinski definition) is 0. The van der Waals surface area contributed by atoms with Crippen LogP contribution in [0.4, 0.5) is 4.39 Å². The van der Waals surface area contributed by atoms with Gasteiger partial charge in [-0.15, -0.1) is 0 Å². The summed E-state index contributed by atoms with van der Waals surface area (Å²) in [6.07, 6.45) is 8.18. The normalized spacial score (nSPS) is 47.9. The Kier molecular flexibility index (Phi) is 3.24. The number of allylic oxidation sites excluding steroid dienone is 2. The Morgan fingerprint density at radius 2 is 1.83 bits per heavy atom. The van der Waals surface area contributed by atoms with Gasteiger partial charge in [0.05, 0.1) is 6.33 Å². The van der Waals surface area contributed by atoms with E-state index in [9.17, 15) is 14.0 Å². The van der Waals surface area contributed by atoms with E-state index >= 15 is 0 Å². The second-order valence-corrected chi connectivity index (χ2v) is 8.58. The summed E-state index contributed by atoms with van der Waals surface area (Å²) in [6.45, 7) is 4.37. The fourth-order valence-electron chi connectivity index (χ4n) is 6.36. The summed E-state index contributed by atoms with van der Waals surface area (Å²) in [4.78, 5) is 24.3. The van der Waals surface area contributed by atoms with Crippen molar-refractivity contribution < 1.29 is 14.0 Å². The molecule has 5 atom stereocenters. The fourth-order valence-corrected chi connectivity index (χ4v) is 6.36. The summed E-state index contributed by atoms with van der Waals surface area (Å²) in [7, 11) is 0. The van der Waals surface area contributed by atoms with E-state index in [0.29, 0.717) is 48.4 Å². The van der Waals surface area contributed by atoms with E-state index in [2.05, 4.69) is 13.8 Å². The molecule has 3 fully saturated rings. The van der Waals surface area contributed by atoms with Gasteiger partial charge in [-0.2, -0.15) is 0 Å². The number of halogens is 1. The van der Waals surface area contributed by atoms with Crippen LogP contribution in [0.2, 0.25) is 0 Å². The van der Waals surface area contributed by atoms with Crippen LogP contribution in [-0.2, 0) is 9.59 Å². The van der Waals surface area contributed by atoms with Gasteiger partial charge in [-0.1, -0.05) is 13.8 Å². The molecular weight excluding hydrogens is 291 g/mol. The van der Waals surface area contributed by atoms with Crippen LogP contribution < -0.4 is 0 Å². The number of carbonyl (C=O) groups excluding carboxylic acids is 2. The Hall–Kier alpha value is -1.25. The zero-order valence-corrected chi connectivity index (χ0v) is 14.0. The van der Waals surface area contributed by atoms with Gasteiger partial charge < -0.3 is 0 Å². The number of Topliss-reactive ketones (excluding diaryl/α,β-unsaturated/α-hetero) is 1. The van der Waals surface area contributed by atoms with E-state index < -0.39 is 0 Å². The molecule has 3 saturated carbocycles. The topological polar surface area (TPSA) is 34.1 Å². The lowest BCUT2D eigenvalue weighted by atomic mass is 9.47. The van der Waals surface area contributed by atoms with Crippen molar-refractivity contribution in [1.82, 2.24) is 0 Å². The lowest BCUT2D eigenvalue weighted by Crippen LogP contribution is -2.51. The van der Waals surface area contributed by atoms with Gasteiger partial charge in [-0.05, 0) is 72.5 Å². The lowest BCUT2D eigenvalue weighted by Gasteiger charge is -2.57. The van der Waals surface area contributed by atoms with E-state index in [1.165, 1.54) is 0 Å². The molecule has 0 saturated heterocycles. The molecule has 3 heteroatoms. The molecule has 0 aliphatic heterocycles. The maximum atomic E-state index is 13.6. The van der Waals surface area contributed by atoms with E-state index in [1.54, 1.807) is 6.08 Å². The first kappa shape index (κ1) is 15.3. The molecule has 0 heterocycles.